The molecule has 0 unspecified atom stereocenters. The Morgan fingerprint density at radius 3 is 1.22 bits per heavy atom. The molecule has 2 aromatic carbocycles. The summed E-state index contributed by atoms with van der Waals surface area (Å²) in [6.07, 6.45) is 4.58. The lowest BCUT2D eigenvalue weighted by molar-refractivity contribution is -0.226. The topological polar surface area (TPSA) is 245 Å². The third-order valence-electron chi connectivity index (χ3n) is 8.95. The van der Waals surface area contributed by atoms with E-state index in [9.17, 15) is 9.59 Å². The first kappa shape index (κ1) is 32.9. The van der Waals surface area contributed by atoms with Crippen molar-refractivity contribution in [1.82, 2.24) is 19.9 Å². The first-order chi connectivity index (χ1) is 23.4. The number of hydrogen-bond donors (Lipinski definition) is 4. The number of nitrogens with two attached hydrogens (primary N) is 4. The maximum Gasteiger partial charge on any atom is 0.317 e. The molecule has 16 nitrogen and oxygen atoms in total. The van der Waals surface area contributed by atoms with Crippen molar-refractivity contribution in [2.24, 2.45) is 10.8 Å². The minimum absolute atomic E-state index is 0.0735. The number of anilines is 4. The van der Waals surface area contributed by atoms with Crippen molar-refractivity contribution in [1.29, 1.82) is 0 Å². The van der Waals surface area contributed by atoms with E-state index < -0.39 is 22.8 Å². The molecule has 3 aliphatic rings. The molecule has 0 atom stereocenters. The number of aromatic nitrogens is 4. The van der Waals surface area contributed by atoms with Crippen LogP contribution in [-0.4, -0.2) is 60.3 Å². The van der Waals surface area contributed by atoms with Crippen LogP contribution in [0.4, 0.5) is 23.5 Å². The molecule has 49 heavy (non-hydrogen) atoms. The van der Waals surface area contributed by atoms with E-state index in [1.54, 1.807) is 36.7 Å². The molecule has 0 radical (unpaired) electrons. The smallest absolute Gasteiger partial charge is 0.317 e. The van der Waals surface area contributed by atoms with Crippen LogP contribution in [0.15, 0.2) is 36.7 Å². The van der Waals surface area contributed by atoms with Crippen molar-refractivity contribution >= 4 is 35.5 Å². The maximum absolute atomic E-state index is 13.5. The van der Waals surface area contributed by atoms with Gasteiger partial charge in [-0.3, -0.25) is 9.59 Å². The average molecular weight is 673 g/mol. The van der Waals surface area contributed by atoms with Crippen LogP contribution in [0.25, 0.3) is 0 Å². The van der Waals surface area contributed by atoms with Crippen molar-refractivity contribution in [3.05, 3.63) is 58.9 Å². The van der Waals surface area contributed by atoms with Crippen LogP contribution in [-0.2, 0) is 22.4 Å². The number of carbonyl (C=O) groups is 2. The van der Waals surface area contributed by atoms with Crippen LogP contribution in [0.2, 0.25) is 0 Å². The quantitative estimate of drug-likeness (QED) is 0.125. The standard InChI is InChI=1S/C33H36N8O8/c1-44-20-7-16(5-18-11-38-30(36)40-26(18)34)8-21(45-2)24(20)48-28(42)32-13-33(14-32,15-32)29(43)49-25-22(46-3)9-17(10-23(25)47-4)6-19-12-39-31(37)41-27(19)35/h7-12H,5-6,13-15H2,1-4H3,(H4,34,36,38,40)(H4,35,37,39,41). The van der Waals surface area contributed by atoms with Crippen molar-refractivity contribution in [2.75, 3.05) is 51.4 Å². The fourth-order valence-corrected chi connectivity index (χ4v) is 6.48. The lowest BCUT2D eigenvalue weighted by Gasteiger charge is -2.66. The van der Waals surface area contributed by atoms with Gasteiger partial charge in [0.2, 0.25) is 23.4 Å². The maximum atomic E-state index is 13.5. The molecule has 2 heterocycles. The van der Waals surface area contributed by atoms with Crippen molar-refractivity contribution in [3.8, 4) is 34.5 Å². The van der Waals surface area contributed by atoms with Gasteiger partial charge >= 0.3 is 11.9 Å². The first-order valence-electron chi connectivity index (χ1n) is 15.1. The molecule has 256 valence electrons. The van der Waals surface area contributed by atoms with E-state index in [1.165, 1.54) is 28.4 Å². The second kappa shape index (κ2) is 12.5. The van der Waals surface area contributed by atoms with Gasteiger partial charge in [0.1, 0.15) is 11.6 Å². The number of nitrogens with zero attached hydrogens (tertiary/aromatic N) is 4. The third kappa shape index (κ3) is 5.96. The number of benzene rings is 2. The zero-order valence-corrected chi connectivity index (χ0v) is 27.4. The fourth-order valence-electron chi connectivity index (χ4n) is 6.48. The molecule has 3 aliphatic carbocycles. The molecule has 0 saturated heterocycles. The van der Waals surface area contributed by atoms with E-state index in [1.807, 2.05) is 0 Å². The average Bonchev–Trinajstić information content (AvgIpc) is 3.03. The summed E-state index contributed by atoms with van der Waals surface area (Å²) in [5.74, 6) is 1.06. The molecule has 2 bridgehead atoms. The van der Waals surface area contributed by atoms with E-state index in [0.29, 0.717) is 24.0 Å². The van der Waals surface area contributed by atoms with Crippen molar-refractivity contribution < 1.29 is 38.0 Å². The van der Waals surface area contributed by atoms with Crippen molar-refractivity contribution in [2.45, 2.75) is 32.1 Å². The van der Waals surface area contributed by atoms with Gasteiger partial charge in [-0.1, -0.05) is 0 Å². The van der Waals surface area contributed by atoms with Crippen LogP contribution < -0.4 is 51.4 Å². The number of hydrogen-bond acceptors (Lipinski definition) is 16. The summed E-state index contributed by atoms with van der Waals surface area (Å²) in [5, 5.41) is 0. The van der Waals surface area contributed by atoms with E-state index in [-0.39, 0.29) is 77.3 Å². The van der Waals surface area contributed by atoms with Gasteiger partial charge in [-0.15, -0.1) is 0 Å². The largest absolute Gasteiger partial charge is 0.493 e. The van der Waals surface area contributed by atoms with Crippen LogP contribution in [0.5, 0.6) is 34.5 Å². The Hall–Kier alpha value is -6.06. The normalized spacial score (nSPS) is 18.8. The summed E-state index contributed by atoms with van der Waals surface area (Å²) in [6.45, 7) is 0. The molecule has 4 aromatic rings. The highest BCUT2D eigenvalue weighted by Gasteiger charge is 2.76. The number of rotatable bonds is 12. The van der Waals surface area contributed by atoms with Crippen LogP contribution in [0, 0.1) is 10.8 Å². The number of esters is 2. The predicted molar refractivity (Wildman–Crippen MR) is 176 cm³/mol. The molecule has 0 aliphatic heterocycles. The molecule has 8 N–H and O–H groups in total. The van der Waals surface area contributed by atoms with Crippen molar-refractivity contribution in [3.63, 3.8) is 0 Å². The van der Waals surface area contributed by atoms with Gasteiger partial charge in [0.25, 0.3) is 0 Å². The van der Waals surface area contributed by atoms with Gasteiger partial charge in [-0.05, 0) is 54.7 Å². The summed E-state index contributed by atoms with van der Waals surface area (Å²) in [7, 11) is 5.83. The Morgan fingerprint density at radius 2 is 0.939 bits per heavy atom. The highest BCUT2D eigenvalue weighted by molar-refractivity contribution is 5.93. The Bertz CT molecular complexity index is 1760. The lowest BCUT2D eigenvalue weighted by Crippen LogP contribution is -2.70. The molecule has 0 spiro atoms. The minimum atomic E-state index is -0.845. The fraction of sp³-hybridized carbons (Fsp3) is 0.333. The van der Waals surface area contributed by atoms with E-state index in [0.717, 1.165) is 11.1 Å². The zero-order chi connectivity index (χ0) is 35.1. The number of methoxy groups -OCH3 is 4. The molecule has 7 rings (SSSR count). The van der Waals surface area contributed by atoms with Gasteiger partial charge in [0, 0.05) is 36.4 Å². The molecular formula is C33H36N8O8. The van der Waals surface area contributed by atoms with Crippen LogP contribution in [0.3, 0.4) is 0 Å². The summed E-state index contributed by atoms with van der Waals surface area (Å²) in [6, 6.07) is 6.86. The molecular weight excluding hydrogens is 636 g/mol. The Kier molecular flexibility index (Phi) is 8.40. The summed E-state index contributed by atoms with van der Waals surface area (Å²) < 4.78 is 34.0. The Balaban J connectivity index is 1.14. The third-order valence-corrected chi connectivity index (χ3v) is 8.95. The lowest BCUT2D eigenvalue weighted by atomic mass is 9.35. The van der Waals surface area contributed by atoms with Crippen LogP contribution in [0.1, 0.15) is 41.5 Å². The minimum Gasteiger partial charge on any atom is -0.493 e. The van der Waals surface area contributed by atoms with E-state index in [2.05, 4.69) is 19.9 Å². The van der Waals surface area contributed by atoms with E-state index >= 15 is 0 Å². The number of nitrogen functional groups attached to an aromatic ring is 4. The molecule has 0 amide bonds. The van der Waals surface area contributed by atoms with E-state index in [4.69, 9.17) is 51.4 Å². The van der Waals surface area contributed by atoms with Gasteiger partial charge in [0.15, 0.2) is 23.0 Å². The van der Waals surface area contributed by atoms with Gasteiger partial charge in [0.05, 0.1) is 39.3 Å². The summed E-state index contributed by atoms with van der Waals surface area (Å²) in [5.41, 5.74) is 24.4. The van der Waals surface area contributed by atoms with Gasteiger partial charge < -0.3 is 51.4 Å². The second-order valence-electron chi connectivity index (χ2n) is 12.2. The molecule has 3 fully saturated rings. The zero-order valence-electron chi connectivity index (χ0n) is 27.4. The van der Waals surface area contributed by atoms with Crippen LogP contribution >= 0.6 is 0 Å². The number of carbonyl (C=O) groups excluding carboxylic acids is 2. The predicted octanol–water partition coefficient (Wildman–Crippen LogP) is 2.49. The Labute approximate surface area is 281 Å². The summed E-state index contributed by atoms with van der Waals surface area (Å²) >= 11 is 0. The first-order valence-corrected chi connectivity index (χ1v) is 15.1. The van der Waals surface area contributed by atoms with Gasteiger partial charge in [-0.25, -0.2) is 9.97 Å². The SMILES string of the molecule is COc1cc(Cc2cnc(N)nc2N)cc(OC)c1OC(=O)C12CC(C(=O)Oc3c(OC)cc(Cc4cnc(N)nc4N)cc3OC)(C1)C2. The highest BCUT2D eigenvalue weighted by Crippen LogP contribution is 2.74. The number of ether oxygens (including phenoxy) is 6. The molecule has 16 heteroatoms. The Morgan fingerprint density at radius 1 is 0.612 bits per heavy atom. The molecule has 3 saturated carbocycles. The molecule has 2 aromatic heterocycles. The highest BCUT2D eigenvalue weighted by atomic mass is 16.6. The second-order valence-corrected chi connectivity index (χ2v) is 12.2. The summed E-state index contributed by atoms with van der Waals surface area (Å²) in [4.78, 5) is 43.0. The monoisotopic (exact) mass is 672 g/mol. The van der Waals surface area contributed by atoms with Gasteiger partial charge in [-0.2, -0.15) is 9.97 Å².